The van der Waals surface area contributed by atoms with Crippen molar-refractivity contribution in [2.24, 2.45) is 17.2 Å². The van der Waals surface area contributed by atoms with Crippen LogP contribution in [0.15, 0.2) is 0 Å². The summed E-state index contributed by atoms with van der Waals surface area (Å²) < 4.78 is 24.3. The molecule has 13 atom stereocenters. The SMILES string of the molecule is CN[C@@H]1C(O)[C@@H](OC2C(O)C(O[C@H]3O[C@H](CNCC(C)N)CCC3N)[C@@H](N)C[C@H]2NC(=N)C2(O)CCC2)OCC1(C)O. The number of likely N-dealkylation sites (N-methyl/N-ethyl adjacent to an activating group) is 1. The predicted octanol–water partition coefficient (Wildman–Crippen LogP) is -3.48. The minimum Gasteiger partial charge on any atom is -0.388 e. The molecule has 2 aliphatic carbocycles. The summed E-state index contributed by atoms with van der Waals surface area (Å²) in [6, 6.07) is -2.61. The van der Waals surface area contributed by atoms with Gasteiger partial charge in [-0.2, -0.15) is 0 Å². The molecular weight excluding hydrogens is 550 g/mol. The minimum atomic E-state index is -1.36. The van der Waals surface area contributed by atoms with Gasteiger partial charge in [-0.15, -0.1) is 0 Å². The molecule has 15 nitrogen and oxygen atoms in total. The smallest absolute Gasteiger partial charge is 0.185 e. The van der Waals surface area contributed by atoms with E-state index in [1.54, 1.807) is 14.0 Å². The number of hydrogen-bond donors (Lipinski definition) is 11. The van der Waals surface area contributed by atoms with Crippen molar-refractivity contribution in [1.82, 2.24) is 16.0 Å². The zero-order valence-corrected chi connectivity index (χ0v) is 24.9. The Balaban J connectivity index is 1.49. The monoisotopic (exact) mass is 603 g/mol. The third-order valence-electron chi connectivity index (χ3n) is 9.05. The number of nitrogens with one attached hydrogen (secondary N) is 4. The van der Waals surface area contributed by atoms with Crippen molar-refractivity contribution in [3.05, 3.63) is 0 Å². The molecule has 2 saturated carbocycles. The maximum atomic E-state index is 11.7. The van der Waals surface area contributed by atoms with Crippen LogP contribution < -0.4 is 33.2 Å². The van der Waals surface area contributed by atoms with Crippen LogP contribution in [0, 0.1) is 5.41 Å². The average Bonchev–Trinajstić information content (AvgIpc) is 2.89. The second kappa shape index (κ2) is 13.9. The quantitative estimate of drug-likeness (QED) is 0.0810. The summed E-state index contributed by atoms with van der Waals surface area (Å²) in [6.07, 6.45) is -3.52. The highest BCUT2D eigenvalue weighted by Gasteiger charge is 2.52. The van der Waals surface area contributed by atoms with E-state index in [9.17, 15) is 20.4 Å². The van der Waals surface area contributed by atoms with Crippen LogP contribution in [0.3, 0.4) is 0 Å². The lowest BCUT2D eigenvalue weighted by atomic mass is 9.78. The number of ether oxygens (including phenoxy) is 4. The molecule has 4 fully saturated rings. The van der Waals surface area contributed by atoms with Gasteiger partial charge in [0, 0.05) is 25.2 Å². The Labute approximate surface area is 247 Å². The molecule has 244 valence electrons. The van der Waals surface area contributed by atoms with Crippen molar-refractivity contribution in [3.63, 3.8) is 0 Å². The van der Waals surface area contributed by atoms with Crippen LogP contribution in [-0.4, -0.2) is 138 Å². The van der Waals surface area contributed by atoms with E-state index in [4.69, 9.17) is 41.6 Å². The zero-order valence-electron chi connectivity index (χ0n) is 24.9. The summed E-state index contributed by atoms with van der Waals surface area (Å²) in [6.45, 7) is 4.54. The molecule has 0 aromatic carbocycles. The molecule has 14 N–H and O–H groups in total. The first-order valence-electron chi connectivity index (χ1n) is 15.1. The van der Waals surface area contributed by atoms with E-state index in [1.807, 2.05) is 6.92 Å². The third kappa shape index (κ3) is 7.59. The number of rotatable bonds is 11. The largest absolute Gasteiger partial charge is 0.388 e. The predicted molar refractivity (Wildman–Crippen MR) is 153 cm³/mol. The number of nitrogens with two attached hydrogens (primary N) is 3. The Hall–Kier alpha value is -1.05. The molecule has 0 aromatic heterocycles. The van der Waals surface area contributed by atoms with Gasteiger partial charge in [0.15, 0.2) is 12.6 Å². The fourth-order valence-electron chi connectivity index (χ4n) is 6.32. The number of aliphatic hydroxyl groups is 4. The molecule has 0 spiro atoms. The van der Waals surface area contributed by atoms with Crippen molar-refractivity contribution < 1.29 is 39.4 Å². The summed E-state index contributed by atoms with van der Waals surface area (Å²) in [5.41, 5.74) is 16.1. The molecule has 15 heteroatoms. The van der Waals surface area contributed by atoms with Crippen LogP contribution in [0.25, 0.3) is 0 Å². The van der Waals surface area contributed by atoms with Crippen LogP contribution in [-0.2, 0) is 18.9 Å². The van der Waals surface area contributed by atoms with E-state index in [-0.39, 0.29) is 31.0 Å². The van der Waals surface area contributed by atoms with Gasteiger partial charge in [-0.1, -0.05) is 0 Å². The van der Waals surface area contributed by atoms with Gasteiger partial charge < -0.3 is 72.5 Å². The topological polar surface area (TPSA) is 256 Å². The highest BCUT2D eigenvalue weighted by atomic mass is 16.7. The molecule has 2 saturated heterocycles. The van der Waals surface area contributed by atoms with Gasteiger partial charge in [-0.25, -0.2) is 0 Å². The van der Waals surface area contributed by atoms with Gasteiger partial charge in [0.25, 0.3) is 0 Å². The van der Waals surface area contributed by atoms with Gasteiger partial charge in [0.2, 0.25) is 0 Å². The normalized spacial score (nSPS) is 44.7. The van der Waals surface area contributed by atoms with E-state index in [2.05, 4.69) is 16.0 Å². The first kappa shape index (κ1) is 33.8. The van der Waals surface area contributed by atoms with Gasteiger partial charge >= 0.3 is 0 Å². The first-order chi connectivity index (χ1) is 19.8. The van der Waals surface area contributed by atoms with Crippen LogP contribution in [0.2, 0.25) is 0 Å². The fraction of sp³-hybridized carbons (Fsp3) is 0.963. The van der Waals surface area contributed by atoms with E-state index < -0.39 is 72.4 Å². The minimum absolute atomic E-state index is 0.00410. The van der Waals surface area contributed by atoms with Gasteiger partial charge in [0.1, 0.15) is 41.5 Å². The molecule has 0 radical (unpaired) electrons. The third-order valence-corrected chi connectivity index (χ3v) is 9.05. The fourth-order valence-corrected chi connectivity index (χ4v) is 6.32. The van der Waals surface area contributed by atoms with Crippen molar-refractivity contribution in [2.45, 2.75) is 137 Å². The van der Waals surface area contributed by atoms with Crippen molar-refractivity contribution >= 4 is 5.84 Å². The summed E-state index contributed by atoms with van der Waals surface area (Å²) in [5, 5.41) is 61.8. The second-order valence-electron chi connectivity index (χ2n) is 12.9. The highest BCUT2D eigenvalue weighted by molar-refractivity contribution is 5.88. The number of aliphatic hydroxyl groups excluding tert-OH is 2. The summed E-state index contributed by atoms with van der Waals surface area (Å²) in [4.78, 5) is 0. The van der Waals surface area contributed by atoms with E-state index in [0.717, 1.165) is 12.8 Å². The lowest BCUT2D eigenvalue weighted by molar-refractivity contribution is -0.307. The standard InChI is InChI=1S/C27H53N7O8/c1-13(28)10-33-11-14-5-6-15(29)23(40-14)41-20-16(30)9-17(34-25(31)27(38)7-4-8-27)21(18(20)35)42-24-19(36)22(32-3)26(2,37)12-39-24/h13-24,32-33,35-38H,4-12,28-30H2,1-3H3,(H2,31,34)/t13?,14-,15?,16-,17+,18?,19?,20?,21?,22+,23+,24+,26?/m0/s1. The van der Waals surface area contributed by atoms with Crippen molar-refractivity contribution in [2.75, 3.05) is 26.7 Å². The molecule has 0 aromatic rings. The molecule has 42 heavy (non-hydrogen) atoms. The lowest BCUT2D eigenvalue weighted by Crippen LogP contribution is -2.70. The van der Waals surface area contributed by atoms with Crippen LogP contribution >= 0.6 is 0 Å². The van der Waals surface area contributed by atoms with E-state index in [1.165, 1.54) is 0 Å². The summed E-state index contributed by atoms with van der Waals surface area (Å²) >= 11 is 0. The van der Waals surface area contributed by atoms with E-state index >= 15 is 0 Å². The Morgan fingerprint density at radius 2 is 1.76 bits per heavy atom. The van der Waals surface area contributed by atoms with E-state index in [0.29, 0.717) is 32.4 Å². The molecular formula is C27H53N7O8. The molecule has 2 heterocycles. The van der Waals surface area contributed by atoms with Gasteiger partial charge in [-0.05, 0) is 59.4 Å². The Morgan fingerprint density at radius 3 is 2.38 bits per heavy atom. The van der Waals surface area contributed by atoms with Crippen LogP contribution in [0.4, 0.5) is 0 Å². The maximum Gasteiger partial charge on any atom is 0.185 e. The first-order valence-corrected chi connectivity index (χ1v) is 15.1. The molecule has 4 rings (SSSR count). The molecule has 4 aliphatic rings. The Morgan fingerprint density at radius 1 is 1.07 bits per heavy atom. The highest BCUT2D eigenvalue weighted by Crippen LogP contribution is 2.35. The van der Waals surface area contributed by atoms with Crippen LogP contribution in [0.1, 0.15) is 52.4 Å². The number of hydrogen-bond acceptors (Lipinski definition) is 14. The van der Waals surface area contributed by atoms with Gasteiger partial charge in [0.05, 0.1) is 30.8 Å². The Bertz CT molecular complexity index is 897. The summed E-state index contributed by atoms with van der Waals surface area (Å²) in [7, 11) is 1.61. The molecule has 0 bridgehead atoms. The van der Waals surface area contributed by atoms with Crippen molar-refractivity contribution in [1.29, 1.82) is 5.41 Å². The second-order valence-corrected chi connectivity index (χ2v) is 12.9. The lowest BCUT2D eigenvalue weighted by Gasteiger charge is -2.50. The van der Waals surface area contributed by atoms with Crippen molar-refractivity contribution in [3.8, 4) is 0 Å². The molecule has 2 aliphatic heterocycles. The molecule has 0 amide bonds. The summed E-state index contributed by atoms with van der Waals surface area (Å²) in [5.74, 6) is -0.0768. The molecule has 7 unspecified atom stereocenters. The number of amidine groups is 1. The van der Waals surface area contributed by atoms with Crippen LogP contribution in [0.5, 0.6) is 0 Å². The average molecular weight is 604 g/mol. The van der Waals surface area contributed by atoms with Gasteiger partial charge in [-0.3, -0.25) is 5.41 Å². The Kier molecular flexibility index (Phi) is 11.2. The zero-order chi connectivity index (χ0) is 30.8. The maximum absolute atomic E-state index is 11.7.